The summed E-state index contributed by atoms with van der Waals surface area (Å²) in [5, 5.41) is 0. The Morgan fingerprint density at radius 2 is 1.56 bits per heavy atom. The van der Waals surface area contributed by atoms with E-state index in [2.05, 4.69) is 12.1 Å². The largest absolute Gasteiger partial charge is 0.516 e. The number of hydrogen-bond donors (Lipinski definition) is 0. The predicted molar refractivity (Wildman–Crippen MR) is 117 cm³/mol. The second-order valence-corrected chi connectivity index (χ2v) is 9.04. The maximum absolute atomic E-state index is 12.8. The van der Waals surface area contributed by atoms with Crippen LogP contribution in [0, 0.1) is 0 Å². The van der Waals surface area contributed by atoms with Gasteiger partial charge in [0.15, 0.2) is 0 Å². The fraction of sp³-hybridized carbons (Fsp3) is 0.400. The van der Waals surface area contributed by atoms with Crippen LogP contribution in [0.25, 0.3) is 11.1 Å². The van der Waals surface area contributed by atoms with Gasteiger partial charge in [-0.05, 0) is 55.9 Å². The van der Waals surface area contributed by atoms with E-state index >= 15 is 0 Å². The van der Waals surface area contributed by atoms with E-state index in [0.29, 0.717) is 19.4 Å². The summed E-state index contributed by atoms with van der Waals surface area (Å²) in [7, 11) is 0. The predicted octanol–water partition coefficient (Wildman–Crippen LogP) is 4.88. The molecule has 0 spiro atoms. The first-order valence-corrected chi connectivity index (χ1v) is 10.8. The number of rotatable bonds is 3. The lowest BCUT2D eigenvalue weighted by atomic mass is 9.98. The van der Waals surface area contributed by atoms with Gasteiger partial charge in [-0.25, -0.2) is 14.4 Å². The number of amides is 1. The molecule has 0 N–H and O–H groups in total. The van der Waals surface area contributed by atoms with Crippen LogP contribution in [-0.4, -0.2) is 47.9 Å². The Kier molecular flexibility index (Phi) is 5.91. The van der Waals surface area contributed by atoms with Crippen molar-refractivity contribution in [1.82, 2.24) is 4.90 Å². The summed E-state index contributed by atoms with van der Waals surface area (Å²) in [5.74, 6) is -0.869. The van der Waals surface area contributed by atoms with Gasteiger partial charge in [0.25, 0.3) is 0 Å². The third-order valence-electron chi connectivity index (χ3n) is 5.67. The molecular weight excluding hydrogens is 410 g/mol. The van der Waals surface area contributed by atoms with Crippen LogP contribution in [-0.2, 0) is 19.0 Å². The summed E-state index contributed by atoms with van der Waals surface area (Å²) >= 11 is 0. The molecule has 2 aromatic rings. The Balaban J connectivity index is 1.41. The molecule has 1 heterocycles. The molecule has 0 saturated carbocycles. The summed E-state index contributed by atoms with van der Waals surface area (Å²) < 4.78 is 15.5. The zero-order valence-corrected chi connectivity index (χ0v) is 18.5. The number of hydrogen-bond acceptors (Lipinski definition) is 6. The van der Waals surface area contributed by atoms with Crippen LogP contribution in [0.15, 0.2) is 48.5 Å². The lowest BCUT2D eigenvalue weighted by molar-refractivity contribution is -0.146. The zero-order chi connectivity index (χ0) is 22.9. The van der Waals surface area contributed by atoms with Crippen molar-refractivity contribution < 1.29 is 28.6 Å². The summed E-state index contributed by atoms with van der Waals surface area (Å²) in [6.45, 7) is 5.56. The molecule has 0 radical (unpaired) electrons. The minimum atomic E-state index is -1.07. The number of nitrogens with zero attached hydrogens (tertiary/aromatic N) is 1. The van der Waals surface area contributed by atoms with Crippen LogP contribution in [0.1, 0.15) is 50.7 Å². The van der Waals surface area contributed by atoms with Crippen LogP contribution < -0.4 is 0 Å². The van der Waals surface area contributed by atoms with Gasteiger partial charge in [0, 0.05) is 12.5 Å². The molecule has 2 aliphatic rings. The van der Waals surface area contributed by atoms with Gasteiger partial charge in [-0.3, -0.25) is 4.90 Å². The van der Waals surface area contributed by atoms with Crippen molar-refractivity contribution in [2.24, 2.45) is 0 Å². The molecule has 0 unspecified atom stereocenters. The van der Waals surface area contributed by atoms with E-state index in [0.717, 1.165) is 22.3 Å². The van der Waals surface area contributed by atoms with Crippen LogP contribution in [0.4, 0.5) is 9.59 Å². The van der Waals surface area contributed by atoms with E-state index in [1.807, 2.05) is 36.4 Å². The van der Waals surface area contributed by atoms with E-state index in [4.69, 9.17) is 14.2 Å². The second-order valence-electron chi connectivity index (χ2n) is 9.04. The first kappa shape index (κ1) is 21.9. The van der Waals surface area contributed by atoms with Gasteiger partial charge in [-0.15, -0.1) is 0 Å². The first-order valence-electron chi connectivity index (χ1n) is 10.8. The van der Waals surface area contributed by atoms with Gasteiger partial charge in [-0.1, -0.05) is 48.5 Å². The molecule has 32 heavy (non-hydrogen) atoms. The Labute approximate surface area is 187 Å². The number of likely N-dealkylation sites (tertiary alicyclic amines) is 1. The van der Waals surface area contributed by atoms with Gasteiger partial charge in [0.2, 0.25) is 0 Å². The Morgan fingerprint density at radius 3 is 2.16 bits per heavy atom. The van der Waals surface area contributed by atoms with Gasteiger partial charge in [0.05, 0.1) is 0 Å². The summed E-state index contributed by atoms with van der Waals surface area (Å²) in [6, 6.07) is 15.3. The summed E-state index contributed by atoms with van der Waals surface area (Å²) in [4.78, 5) is 38.5. The van der Waals surface area contributed by atoms with E-state index < -0.39 is 29.9 Å². The van der Waals surface area contributed by atoms with Crippen molar-refractivity contribution in [2.75, 3.05) is 13.2 Å². The number of carbonyl (C=O) groups is 3. The Hall–Kier alpha value is -3.35. The molecule has 0 bridgehead atoms. The molecule has 7 nitrogen and oxygen atoms in total. The fourth-order valence-electron chi connectivity index (χ4n) is 4.33. The summed E-state index contributed by atoms with van der Waals surface area (Å²) in [6.07, 6.45) is -0.623. The number of ether oxygens (including phenoxy) is 3. The van der Waals surface area contributed by atoms with Gasteiger partial charge in [-0.2, -0.15) is 0 Å². The summed E-state index contributed by atoms with van der Waals surface area (Å²) in [5.41, 5.74) is 3.74. The van der Waals surface area contributed by atoms with Gasteiger partial charge in [0.1, 0.15) is 18.2 Å². The lowest BCUT2D eigenvalue weighted by Gasteiger charge is -2.24. The molecule has 168 valence electrons. The minimum Gasteiger partial charge on any atom is -0.448 e. The molecule has 1 atom stereocenters. The minimum absolute atomic E-state index is 0.0684. The van der Waals surface area contributed by atoms with Crippen molar-refractivity contribution in [3.8, 4) is 11.1 Å². The van der Waals surface area contributed by atoms with Crippen molar-refractivity contribution in [1.29, 1.82) is 0 Å². The van der Waals surface area contributed by atoms with Crippen molar-refractivity contribution >= 4 is 18.2 Å². The number of benzene rings is 2. The monoisotopic (exact) mass is 437 g/mol. The first-order chi connectivity index (χ1) is 15.2. The number of fused-ring (bicyclic) bond motifs is 3. The number of carbonyl (C=O) groups excluding carboxylic acids is 3. The molecule has 1 aliphatic carbocycles. The highest BCUT2D eigenvalue weighted by Crippen LogP contribution is 2.44. The molecular formula is C25H27NO6. The molecule has 4 rings (SSSR count). The van der Waals surface area contributed by atoms with Crippen LogP contribution in [0.3, 0.4) is 0 Å². The van der Waals surface area contributed by atoms with Crippen LogP contribution in [0.2, 0.25) is 0 Å². The fourth-order valence-corrected chi connectivity index (χ4v) is 4.33. The topological polar surface area (TPSA) is 82.1 Å². The Morgan fingerprint density at radius 1 is 0.969 bits per heavy atom. The molecule has 1 saturated heterocycles. The van der Waals surface area contributed by atoms with Gasteiger partial charge >= 0.3 is 18.2 Å². The Bertz CT molecular complexity index is 995. The van der Waals surface area contributed by atoms with Crippen molar-refractivity contribution in [2.45, 2.75) is 51.2 Å². The maximum atomic E-state index is 12.8. The number of esters is 1. The third-order valence-corrected chi connectivity index (χ3v) is 5.67. The standard InChI is InChI=1S/C25H27NO6/c1-25(2,3)32-24(29)31-22(27)21-13-8-14-26(21)23(28)30-15-20-18-11-6-4-9-16(18)17-10-5-7-12-19(17)20/h4-7,9-12,20-21H,8,13-15H2,1-3H3/t21-/m0/s1. The quantitative estimate of drug-likeness (QED) is 0.503. The molecule has 1 aliphatic heterocycles. The highest BCUT2D eigenvalue weighted by atomic mass is 16.7. The van der Waals surface area contributed by atoms with E-state index in [9.17, 15) is 14.4 Å². The second kappa shape index (κ2) is 8.65. The van der Waals surface area contributed by atoms with E-state index in [1.165, 1.54) is 4.90 Å². The van der Waals surface area contributed by atoms with Crippen molar-refractivity contribution in [3.05, 3.63) is 59.7 Å². The highest BCUT2D eigenvalue weighted by Gasteiger charge is 2.39. The molecule has 7 heteroatoms. The molecule has 1 amide bonds. The normalized spacial score (nSPS) is 17.5. The van der Waals surface area contributed by atoms with E-state index in [-0.39, 0.29) is 12.5 Å². The molecule has 0 aromatic heterocycles. The van der Waals surface area contributed by atoms with Gasteiger partial charge < -0.3 is 14.2 Å². The van der Waals surface area contributed by atoms with Crippen LogP contribution >= 0.6 is 0 Å². The average molecular weight is 437 g/mol. The van der Waals surface area contributed by atoms with Crippen molar-refractivity contribution in [3.63, 3.8) is 0 Å². The molecule has 2 aromatic carbocycles. The lowest BCUT2D eigenvalue weighted by Crippen LogP contribution is -2.43. The maximum Gasteiger partial charge on any atom is 0.516 e. The van der Waals surface area contributed by atoms with Crippen LogP contribution in [0.5, 0.6) is 0 Å². The average Bonchev–Trinajstić information content (AvgIpc) is 3.34. The van der Waals surface area contributed by atoms with E-state index in [1.54, 1.807) is 20.8 Å². The SMILES string of the molecule is CC(C)(C)OC(=O)OC(=O)[C@@H]1CCCN1C(=O)OCC1c2ccccc2-c2ccccc21. The smallest absolute Gasteiger partial charge is 0.448 e. The third kappa shape index (κ3) is 4.47. The molecule has 1 fully saturated rings. The zero-order valence-electron chi connectivity index (χ0n) is 18.5. The highest BCUT2D eigenvalue weighted by molar-refractivity contribution is 5.88.